The summed E-state index contributed by atoms with van der Waals surface area (Å²) in [5.74, 6) is 1.06. The standard InChI is InChI=1S/C26H28N2O4/c1-2-31-23-12-5-6-13-24(23)32-18-25(29)27-20-14-16-28(17-15-20)26(30)22-11-7-9-19-8-3-4-10-21(19)22/h3-13,20H,2,14-18H2,1H3,(H,27,29). The number of rotatable bonds is 7. The monoisotopic (exact) mass is 432 g/mol. The minimum Gasteiger partial charge on any atom is -0.490 e. The normalized spacial score (nSPS) is 14.2. The maximum absolute atomic E-state index is 13.1. The first-order valence-corrected chi connectivity index (χ1v) is 11.1. The zero-order valence-corrected chi connectivity index (χ0v) is 18.3. The van der Waals surface area contributed by atoms with Crippen molar-refractivity contribution in [2.45, 2.75) is 25.8 Å². The van der Waals surface area contributed by atoms with Crippen LogP contribution < -0.4 is 14.8 Å². The molecule has 6 nitrogen and oxygen atoms in total. The summed E-state index contributed by atoms with van der Waals surface area (Å²) in [4.78, 5) is 27.3. The highest BCUT2D eigenvalue weighted by Crippen LogP contribution is 2.26. The van der Waals surface area contributed by atoms with Gasteiger partial charge >= 0.3 is 0 Å². The molecular weight excluding hydrogens is 404 g/mol. The number of fused-ring (bicyclic) bond motifs is 1. The number of likely N-dealkylation sites (tertiary alicyclic amines) is 1. The molecule has 0 spiro atoms. The van der Waals surface area contributed by atoms with Gasteiger partial charge in [0.2, 0.25) is 0 Å². The number of piperidine rings is 1. The van der Waals surface area contributed by atoms with Crippen molar-refractivity contribution < 1.29 is 19.1 Å². The molecule has 1 N–H and O–H groups in total. The Balaban J connectivity index is 1.28. The number of amides is 2. The number of para-hydroxylation sites is 2. The predicted octanol–water partition coefficient (Wildman–Crippen LogP) is 4.04. The number of benzene rings is 3. The Hall–Kier alpha value is -3.54. The lowest BCUT2D eigenvalue weighted by molar-refractivity contribution is -0.124. The molecule has 0 saturated carbocycles. The van der Waals surface area contributed by atoms with Crippen LogP contribution in [0.1, 0.15) is 30.1 Å². The van der Waals surface area contributed by atoms with Crippen molar-refractivity contribution >= 4 is 22.6 Å². The molecule has 3 aromatic carbocycles. The van der Waals surface area contributed by atoms with Crippen molar-refractivity contribution in [1.82, 2.24) is 10.2 Å². The van der Waals surface area contributed by atoms with Crippen LogP contribution in [0.5, 0.6) is 11.5 Å². The minimum atomic E-state index is -0.171. The summed E-state index contributed by atoms with van der Waals surface area (Å²) in [6, 6.07) is 21.1. The Kier molecular flexibility index (Phi) is 6.90. The average Bonchev–Trinajstić information content (AvgIpc) is 2.83. The second-order valence-corrected chi connectivity index (χ2v) is 7.83. The van der Waals surface area contributed by atoms with Gasteiger partial charge in [0.25, 0.3) is 11.8 Å². The van der Waals surface area contributed by atoms with Gasteiger partial charge in [-0.2, -0.15) is 0 Å². The first kappa shape index (κ1) is 21.7. The van der Waals surface area contributed by atoms with Crippen molar-refractivity contribution in [3.8, 4) is 11.5 Å². The molecule has 4 rings (SSSR count). The smallest absolute Gasteiger partial charge is 0.258 e. The van der Waals surface area contributed by atoms with Crippen LogP contribution in [0.2, 0.25) is 0 Å². The van der Waals surface area contributed by atoms with Crippen molar-refractivity contribution in [2.75, 3.05) is 26.3 Å². The van der Waals surface area contributed by atoms with Crippen LogP contribution in [0.25, 0.3) is 10.8 Å². The number of hydrogen-bond acceptors (Lipinski definition) is 4. The van der Waals surface area contributed by atoms with E-state index in [0.717, 1.165) is 29.2 Å². The van der Waals surface area contributed by atoms with E-state index in [2.05, 4.69) is 5.32 Å². The van der Waals surface area contributed by atoms with Gasteiger partial charge in [0.1, 0.15) is 0 Å². The molecule has 0 aromatic heterocycles. The van der Waals surface area contributed by atoms with Gasteiger partial charge in [-0.15, -0.1) is 0 Å². The third kappa shape index (κ3) is 5.02. The van der Waals surface area contributed by atoms with E-state index in [-0.39, 0.29) is 24.5 Å². The number of carbonyl (C=O) groups excluding carboxylic acids is 2. The third-order valence-electron chi connectivity index (χ3n) is 5.68. The Morgan fingerprint density at radius 1 is 0.906 bits per heavy atom. The highest BCUT2D eigenvalue weighted by Gasteiger charge is 2.25. The van der Waals surface area contributed by atoms with Crippen LogP contribution >= 0.6 is 0 Å². The molecule has 1 heterocycles. The summed E-state index contributed by atoms with van der Waals surface area (Å²) in [5.41, 5.74) is 0.729. The average molecular weight is 433 g/mol. The molecule has 0 aliphatic carbocycles. The van der Waals surface area contributed by atoms with E-state index >= 15 is 0 Å². The molecule has 1 aliphatic rings. The van der Waals surface area contributed by atoms with Gasteiger partial charge in [0, 0.05) is 24.7 Å². The fourth-order valence-electron chi connectivity index (χ4n) is 4.07. The Morgan fingerprint density at radius 2 is 1.56 bits per heavy atom. The molecule has 2 amide bonds. The number of ether oxygens (including phenoxy) is 2. The zero-order valence-electron chi connectivity index (χ0n) is 18.3. The van der Waals surface area contributed by atoms with Crippen molar-refractivity contribution in [3.05, 3.63) is 72.3 Å². The van der Waals surface area contributed by atoms with Gasteiger partial charge in [-0.25, -0.2) is 0 Å². The van der Waals surface area contributed by atoms with E-state index in [1.807, 2.05) is 72.5 Å². The summed E-state index contributed by atoms with van der Waals surface area (Å²) in [5, 5.41) is 5.06. The Labute approximate surface area is 188 Å². The third-order valence-corrected chi connectivity index (χ3v) is 5.68. The highest BCUT2D eigenvalue weighted by atomic mass is 16.5. The van der Waals surface area contributed by atoms with Crippen molar-refractivity contribution in [3.63, 3.8) is 0 Å². The van der Waals surface area contributed by atoms with Gasteiger partial charge in [0.15, 0.2) is 18.1 Å². The highest BCUT2D eigenvalue weighted by molar-refractivity contribution is 6.07. The van der Waals surface area contributed by atoms with Crippen molar-refractivity contribution in [2.24, 2.45) is 0 Å². The van der Waals surface area contributed by atoms with Crippen LogP contribution in [-0.2, 0) is 4.79 Å². The molecule has 1 aliphatic heterocycles. The minimum absolute atomic E-state index is 0.0322. The SMILES string of the molecule is CCOc1ccccc1OCC(=O)NC1CCN(C(=O)c2cccc3ccccc23)CC1. The fourth-order valence-corrected chi connectivity index (χ4v) is 4.07. The maximum Gasteiger partial charge on any atom is 0.258 e. The molecule has 1 fully saturated rings. The molecule has 0 radical (unpaired) electrons. The zero-order chi connectivity index (χ0) is 22.3. The summed E-state index contributed by atoms with van der Waals surface area (Å²) in [6.45, 7) is 3.59. The maximum atomic E-state index is 13.1. The second-order valence-electron chi connectivity index (χ2n) is 7.83. The lowest BCUT2D eigenvalue weighted by Gasteiger charge is -2.32. The lowest BCUT2D eigenvalue weighted by Crippen LogP contribution is -2.47. The van der Waals surface area contributed by atoms with Crippen LogP contribution in [0.15, 0.2) is 66.7 Å². The summed E-state index contributed by atoms with van der Waals surface area (Å²) >= 11 is 0. The number of carbonyl (C=O) groups is 2. The lowest BCUT2D eigenvalue weighted by atomic mass is 10.0. The quantitative estimate of drug-likeness (QED) is 0.612. The van der Waals surface area contributed by atoms with Gasteiger partial charge in [0.05, 0.1) is 6.61 Å². The topological polar surface area (TPSA) is 67.9 Å². The molecule has 6 heteroatoms. The number of nitrogens with zero attached hydrogens (tertiary/aromatic N) is 1. The molecule has 32 heavy (non-hydrogen) atoms. The predicted molar refractivity (Wildman–Crippen MR) is 124 cm³/mol. The van der Waals surface area contributed by atoms with Crippen molar-refractivity contribution in [1.29, 1.82) is 0 Å². The first-order valence-electron chi connectivity index (χ1n) is 11.1. The molecule has 166 valence electrons. The number of nitrogens with one attached hydrogen (secondary N) is 1. The van der Waals surface area contributed by atoms with Gasteiger partial charge < -0.3 is 19.7 Å². The van der Waals surface area contributed by atoms with E-state index in [1.54, 1.807) is 6.07 Å². The molecule has 0 bridgehead atoms. The molecular formula is C26H28N2O4. The van der Waals surface area contributed by atoms with E-state index in [9.17, 15) is 9.59 Å². The summed E-state index contributed by atoms with van der Waals surface area (Å²) < 4.78 is 11.2. The molecule has 0 unspecified atom stereocenters. The molecule has 1 saturated heterocycles. The van der Waals surface area contributed by atoms with Gasteiger partial charge in [-0.3, -0.25) is 9.59 Å². The van der Waals surface area contributed by atoms with Gasteiger partial charge in [-0.05, 0) is 48.7 Å². The van der Waals surface area contributed by atoms with Crippen LogP contribution in [0.3, 0.4) is 0 Å². The Bertz CT molecular complexity index is 1080. The molecule has 3 aromatic rings. The van der Waals surface area contributed by atoms with E-state index in [0.29, 0.717) is 31.2 Å². The van der Waals surface area contributed by atoms with Gasteiger partial charge in [-0.1, -0.05) is 48.5 Å². The first-order chi connectivity index (χ1) is 15.7. The van der Waals surface area contributed by atoms with E-state index in [4.69, 9.17) is 9.47 Å². The van der Waals surface area contributed by atoms with Crippen LogP contribution in [0.4, 0.5) is 0 Å². The van der Waals surface area contributed by atoms with Crippen LogP contribution in [-0.4, -0.2) is 49.1 Å². The van der Waals surface area contributed by atoms with E-state index < -0.39 is 0 Å². The number of hydrogen-bond donors (Lipinski definition) is 1. The second kappa shape index (κ2) is 10.2. The van der Waals surface area contributed by atoms with Crippen LogP contribution in [0, 0.1) is 0 Å². The van der Waals surface area contributed by atoms with E-state index in [1.165, 1.54) is 0 Å². The molecule has 0 atom stereocenters. The summed E-state index contributed by atoms with van der Waals surface area (Å²) in [7, 11) is 0. The summed E-state index contributed by atoms with van der Waals surface area (Å²) in [6.07, 6.45) is 1.44. The largest absolute Gasteiger partial charge is 0.490 e. The Morgan fingerprint density at radius 3 is 2.31 bits per heavy atom. The fraction of sp³-hybridized carbons (Fsp3) is 0.308.